The number of aromatic nitrogens is 3. The second kappa shape index (κ2) is 11.3. The number of carbonyl (C=O) groups excluding carboxylic acids is 1. The van der Waals surface area contributed by atoms with Crippen molar-refractivity contribution >= 4 is 34.3 Å². The van der Waals surface area contributed by atoms with Crippen molar-refractivity contribution in [3.8, 4) is 17.2 Å². The van der Waals surface area contributed by atoms with Gasteiger partial charge in [-0.05, 0) is 49.0 Å². The van der Waals surface area contributed by atoms with Gasteiger partial charge in [-0.25, -0.2) is 9.50 Å². The molecule has 4 aromatic rings. The number of rotatable bonds is 6. The zero-order valence-electron chi connectivity index (χ0n) is 23.2. The average Bonchev–Trinajstić information content (AvgIpc) is 3.45. The molecule has 6 rings (SSSR count). The number of hydrogen-bond acceptors (Lipinski definition) is 8. The molecule has 0 aliphatic carbocycles. The highest BCUT2D eigenvalue weighted by Gasteiger charge is 2.23. The van der Waals surface area contributed by atoms with E-state index >= 15 is 0 Å². The second-order valence-electron chi connectivity index (χ2n) is 10.5. The Hall–Kier alpha value is -4.88. The lowest BCUT2D eigenvalue weighted by atomic mass is 10.0. The molecule has 0 unspecified atom stereocenters. The highest BCUT2D eigenvalue weighted by Crippen LogP contribution is 2.33. The van der Waals surface area contributed by atoms with E-state index in [-0.39, 0.29) is 5.91 Å². The highest BCUT2D eigenvalue weighted by molar-refractivity contribution is 5.98. The van der Waals surface area contributed by atoms with Gasteiger partial charge in [-0.3, -0.25) is 4.79 Å². The molecule has 10 heteroatoms. The maximum Gasteiger partial charge on any atom is 0.248 e. The van der Waals surface area contributed by atoms with Crippen LogP contribution >= 0.6 is 0 Å². The first-order valence-electron chi connectivity index (χ1n) is 13.9. The van der Waals surface area contributed by atoms with E-state index in [1.807, 2.05) is 16.8 Å². The molecule has 0 saturated carbocycles. The van der Waals surface area contributed by atoms with Gasteiger partial charge < -0.3 is 24.9 Å². The van der Waals surface area contributed by atoms with Crippen molar-refractivity contribution < 1.29 is 4.79 Å². The molecule has 0 atom stereocenters. The first kappa shape index (κ1) is 26.3. The second-order valence-corrected chi connectivity index (χ2v) is 10.5. The van der Waals surface area contributed by atoms with Gasteiger partial charge in [0.25, 0.3) is 0 Å². The SMILES string of the molecule is C=CC(=O)Nc1ccc(N2CCN(c3cc(-c4ccc(N5CCN(C)CC5)cc4)cn4ncc(C#N)c34)CC2)cn1. The van der Waals surface area contributed by atoms with Crippen LogP contribution in [0.2, 0.25) is 0 Å². The number of pyridine rings is 2. The van der Waals surface area contributed by atoms with E-state index in [0.717, 1.165) is 80.4 Å². The molecule has 2 aliphatic heterocycles. The Morgan fingerprint density at radius 3 is 2.22 bits per heavy atom. The number of nitrogens with zero attached hydrogens (tertiary/aromatic N) is 8. The minimum Gasteiger partial charge on any atom is -0.369 e. The van der Waals surface area contributed by atoms with Crippen molar-refractivity contribution in [1.82, 2.24) is 19.5 Å². The molecule has 1 amide bonds. The number of hydrogen-bond donors (Lipinski definition) is 1. The lowest BCUT2D eigenvalue weighted by Gasteiger charge is -2.37. The monoisotopic (exact) mass is 547 g/mol. The third kappa shape index (κ3) is 5.44. The number of piperazine rings is 2. The van der Waals surface area contributed by atoms with Crippen LogP contribution in [0.1, 0.15) is 5.56 Å². The molecule has 2 aliphatic rings. The molecular weight excluding hydrogens is 514 g/mol. The van der Waals surface area contributed by atoms with E-state index < -0.39 is 0 Å². The molecule has 1 aromatic carbocycles. The van der Waals surface area contributed by atoms with Crippen molar-refractivity contribution in [2.24, 2.45) is 0 Å². The Bertz CT molecular complexity index is 1590. The van der Waals surface area contributed by atoms with Gasteiger partial charge >= 0.3 is 0 Å². The fourth-order valence-electron chi connectivity index (χ4n) is 5.54. The van der Waals surface area contributed by atoms with Crippen molar-refractivity contribution in [3.63, 3.8) is 0 Å². The number of anilines is 4. The fraction of sp³-hybridized carbons (Fsp3) is 0.290. The maximum absolute atomic E-state index is 11.5. The summed E-state index contributed by atoms with van der Waals surface area (Å²) >= 11 is 0. The number of nitrogens with one attached hydrogen (secondary N) is 1. The average molecular weight is 548 g/mol. The zero-order chi connectivity index (χ0) is 28.3. The molecule has 208 valence electrons. The molecule has 5 heterocycles. The van der Waals surface area contributed by atoms with Crippen molar-refractivity contribution in [2.75, 3.05) is 79.4 Å². The quantitative estimate of drug-likeness (QED) is 0.367. The van der Waals surface area contributed by atoms with Crippen molar-refractivity contribution in [3.05, 3.63) is 79.3 Å². The van der Waals surface area contributed by atoms with Gasteiger partial charge in [0.15, 0.2) is 0 Å². The summed E-state index contributed by atoms with van der Waals surface area (Å²) < 4.78 is 1.84. The predicted octanol–water partition coefficient (Wildman–Crippen LogP) is 3.47. The Morgan fingerprint density at radius 1 is 0.902 bits per heavy atom. The van der Waals surface area contributed by atoms with Gasteiger partial charge in [0.1, 0.15) is 17.4 Å². The third-order valence-electron chi connectivity index (χ3n) is 7.95. The lowest BCUT2D eigenvalue weighted by Crippen LogP contribution is -2.46. The first-order valence-corrected chi connectivity index (χ1v) is 13.9. The summed E-state index contributed by atoms with van der Waals surface area (Å²) in [5.41, 5.74) is 6.85. The summed E-state index contributed by atoms with van der Waals surface area (Å²) in [6, 6.07) is 17.0. The third-order valence-corrected chi connectivity index (χ3v) is 7.95. The summed E-state index contributed by atoms with van der Waals surface area (Å²) in [5, 5.41) is 17.0. The lowest BCUT2D eigenvalue weighted by molar-refractivity contribution is -0.111. The largest absolute Gasteiger partial charge is 0.369 e. The molecule has 0 bridgehead atoms. The summed E-state index contributed by atoms with van der Waals surface area (Å²) in [7, 11) is 2.17. The molecule has 2 fully saturated rings. The number of fused-ring (bicyclic) bond motifs is 1. The van der Waals surface area contributed by atoms with Crippen LogP contribution in [0.3, 0.4) is 0 Å². The van der Waals surface area contributed by atoms with Crippen LogP contribution in [0, 0.1) is 11.3 Å². The smallest absolute Gasteiger partial charge is 0.248 e. The van der Waals surface area contributed by atoms with Crippen LogP contribution in [0.15, 0.2) is 73.7 Å². The molecule has 10 nitrogen and oxygen atoms in total. The molecule has 0 spiro atoms. The predicted molar refractivity (Wildman–Crippen MR) is 163 cm³/mol. The standard InChI is InChI=1S/C31H33N9O/c1-3-30(41)35-29-9-8-27(21-33-29)38-14-16-39(17-15-38)28-18-24(22-40-31(28)25(19-32)20-34-40)23-4-6-26(7-5-23)37-12-10-36(2)11-13-37/h3-9,18,20-22H,1,10-17H2,2H3,(H,33,35,41). The highest BCUT2D eigenvalue weighted by atomic mass is 16.1. The van der Waals surface area contributed by atoms with Crippen LogP contribution in [-0.2, 0) is 4.79 Å². The van der Waals surface area contributed by atoms with Crippen LogP contribution in [0.25, 0.3) is 16.6 Å². The van der Waals surface area contributed by atoms with Crippen LogP contribution in [0.5, 0.6) is 0 Å². The maximum atomic E-state index is 11.5. The Kier molecular flexibility index (Phi) is 7.27. The van der Waals surface area contributed by atoms with E-state index in [9.17, 15) is 10.1 Å². The van der Waals surface area contributed by atoms with E-state index in [1.165, 1.54) is 11.8 Å². The molecule has 3 aromatic heterocycles. The molecule has 1 N–H and O–H groups in total. The number of nitriles is 1. The Balaban J connectivity index is 1.22. The molecule has 0 radical (unpaired) electrons. The molecule has 41 heavy (non-hydrogen) atoms. The van der Waals surface area contributed by atoms with E-state index in [1.54, 1.807) is 18.5 Å². The van der Waals surface area contributed by atoms with Crippen LogP contribution < -0.4 is 20.0 Å². The molecular formula is C31H33N9O. The summed E-state index contributed by atoms with van der Waals surface area (Å²) in [4.78, 5) is 25.3. The van der Waals surface area contributed by atoms with Gasteiger partial charge in [-0.1, -0.05) is 18.7 Å². The first-order chi connectivity index (χ1) is 20.0. The van der Waals surface area contributed by atoms with Crippen molar-refractivity contribution in [1.29, 1.82) is 5.26 Å². The van der Waals surface area contributed by atoms with E-state index in [2.05, 4.69) is 85.0 Å². The van der Waals surface area contributed by atoms with Crippen LogP contribution in [-0.4, -0.2) is 84.8 Å². The number of benzene rings is 1. The summed E-state index contributed by atoms with van der Waals surface area (Å²) in [6.45, 7) is 10.9. The number of amides is 1. The van der Waals surface area contributed by atoms with Gasteiger partial charge in [0, 0.05) is 69.8 Å². The number of likely N-dealkylation sites (N-methyl/N-ethyl adjacent to an activating group) is 1. The summed E-state index contributed by atoms with van der Waals surface area (Å²) in [5.74, 6) is 0.216. The molecule has 2 saturated heterocycles. The van der Waals surface area contributed by atoms with Gasteiger partial charge in [0.05, 0.1) is 29.3 Å². The fourth-order valence-corrected chi connectivity index (χ4v) is 5.54. The zero-order valence-corrected chi connectivity index (χ0v) is 23.2. The van der Waals surface area contributed by atoms with Gasteiger partial charge in [0.2, 0.25) is 5.91 Å². The van der Waals surface area contributed by atoms with E-state index in [4.69, 9.17) is 0 Å². The van der Waals surface area contributed by atoms with E-state index in [0.29, 0.717) is 11.4 Å². The van der Waals surface area contributed by atoms with Crippen molar-refractivity contribution in [2.45, 2.75) is 0 Å². The van der Waals surface area contributed by atoms with Crippen LogP contribution in [0.4, 0.5) is 22.9 Å². The topological polar surface area (TPSA) is 96.0 Å². The summed E-state index contributed by atoms with van der Waals surface area (Å²) in [6.07, 6.45) is 6.67. The minimum absolute atomic E-state index is 0.282. The minimum atomic E-state index is -0.282. The van der Waals surface area contributed by atoms with Gasteiger partial charge in [-0.15, -0.1) is 0 Å². The number of carbonyl (C=O) groups is 1. The van der Waals surface area contributed by atoms with Gasteiger partial charge in [-0.2, -0.15) is 10.4 Å². The Labute approximate surface area is 239 Å². The Morgan fingerprint density at radius 2 is 1.56 bits per heavy atom. The normalized spacial score (nSPS) is 16.0.